The molecule has 0 amide bonds. The zero-order valence-electron chi connectivity index (χ0n) is 16.8. The quantitative estimate of drug-likeness (QED) is 0.530. The Kier molecular flexibility index (Phi) is 5.46. The number of benzene rings is 2. The Balaban J connectivity index is 1.81. The predicted octanol–water partition coefficient (Wildman–Crippen LogP) is 4.85. The second kappa shape index (κ2) is 7.62. The number of alkyl halides is 9. The van der Waals surface area contributed by atoms with Crippen LogP contribution in [0.3, 0.4) is 0 Å². The molecule has 2 aliphatic rings. The monoisotopic (exact) mass is 498 g/mol. The Labute approximate surface area is 186 Å². The minimum Gasteiger partial charge on any atom is -0.382 e. The molecule has 2 aromatic rings. The van der Waals surface area contributed by atoms with Gasteiger partial charge < -0.3 is 10.4 Å². The van der Waals surface area contributed by atoms with Gasteiger partial charge in [-0.3, -0.25) is 10.3 Å². The van der Waals surface area contributed by atoms with Crippen molar-refractivity contribution >= 4 is 5.70 Å². The van der Waals surface area contributed by atoms with E-state index in [-0.39, 0.29) is 42.5 Å². The highest BCUT2D eigenvalue weighted by Gasteiger charge is 2.60. The average Bonchev–Trinajstić information content (AvgIpc) is 3.17. The molecule has 13 heteroatoms. The number of rotatable bonds is 3. The topological polar surface area (TPSA) is 53.5 Å². The molecular weight excluding hydrogens is 483 g/mol. The van der Waals surface area contributed by atoms with Crippen LogP contribution in [0.4, 0.5) is 39.5 Å². The number of halogens is 9. The third-order valence-electron chi connectivity index (χ3n) is 5.68. The van der Waals surface area contributed by atoms with E-state index in [2.05, 4.69) is 10.2 Å². The van der Waals surface area contributed by atoms with Gasteiger partial charge in [0.15, 0.2) is 0 Å². The molecule has 4 nitrogen and oxygen atoms in total. The summed E-state index contributed by atoms with van der Waals surface area (Å²) in [6, 6.07) is 5.26. The minimum atomic E-state index is -5.43. The normalized spacial score (nSPS) is 22.7. The molecule has 34 heavy (non-hydrogen) atoms. The van der Waals surface area contributed by atoms with Crippen molar-refractivity contribution in [3.05, 3.63) is 76.4 Å². The third kappa shape index (κ3) is 4.12. The number of hydrogen-bond acceptors (Lipinski definition) is 4. The maximum Gasteiger partial charge on any atom is 0.428 e. The van der Waals surface area contributed by atoms with Crippen molar-refractivity contribution in [1.29, 1.82) is 0 Å². The van der Waals surface area contributed by atoms with E-state index in [1.807, 2.05) is 5.48 Å². The Morgan fingerprint density at radius 1 is 0.765 bits per heavy atom. The van der Waals surface area contributed by atoms with Gasteiger partial charge in [0.25, 0.3) is 0 Å². The molecule has 0 spiro atoms. The van der Waals surface area contributed by atoms with Gasteiger partial charge in [0.05, 0.1) is 16.8 Å². The fourth-order valence-corrected chi connectivity index (χ4v) is 3.68. The van der Waals surface area contributed by atoms with Crippen LogP contribution < -0.4 is 10.8 Å². The molecule has 3 N–H and O–H groups in total. The van der Waals surface area contributed by atoms with E-state index < -0.39 is 46.4 Å². The first kappa shape index (κ1) is 24.4. The molecule has 0 aliphatic carbocycles. The highest BCUT2D eigenvalue weighted by molar-refractivity contribution is 5.67. The molecule has 1 saturated heterocycles. The lowest BCUT2D eigenvalue weighted by Crippen LogP contribution is -2.56. The van der Waals surface area contributed by atoms with Gasteiger partial charge in [-0.25, -0.2) is 0 Å². The first-order valence-electron chi connectivity index (χ1n) is 9.63. The minimum absolute atomic E-state index is 0.0218. The summed E-state index contributed by atoms with van der Waals surface area (Å²) < 4.78 is 122. The van der Waals surface area contributed by atoms with Gasteiger partial charge in [0.1, 0.15) is 5.60 Å². The van der Waals surface area contributed by atoms with Crippen molar-refractivity contribution in [3.8, 4) is 0 Å². The highest BCUT2D eigenvalue weighted by Crippen LogP contribution is 2.49. The van der Waals surface area contributed by atoms with Gasteiger partial charge in [0.2, 0.25) is 5.60 Å². The van der Waals surface area contributed by atoms with E-state index in [9.17, 15) is 44.6 Å². The molecule has 2 aromatic carbocycles. The van der Waals surface area contributed by atoms with E-state index in [0.717, 1.165) is 0 Å². The SMILES string of the molecule is OC1(c2ccc(C3=CC(c4cc(C(F)(F)F)cc(C(F)(F)F)c4)(C(F)(F)F)ON3)cc2)CNC1. The average molecular weight is 498 g/mol. The zero-order valence-corrected chi connectivity index (χ0v) is 16.8. The van der Waals surface area contributed by atoms with Crippen molar-refractivity contribution in [2.45, 2.75) is 29.7 Å². The van der Waals surface area contributed by atoms with Crippen molar-refractivity contribution in [3.63, 3.8) is 0 Å². The molecule has 0 radical (unpaired) electrons. The number of hydroxylamine groups is 1. The summed E-state index contributed by atoms with van der Waals surface area (Å²) in [5.74, 6) is 0. The van der Waals surface area contributed by atoms with Gasteiger partial charge >= 0.3 is 18.5 Å². The Morgan fingerprint density at radius 2 is 1.29 bits per heavy atom. The lowest BCUT2D eigenvalue weighted by Gasteiger charge is -2.38. The van der Waals surface area contributed by atoms with Crippen molar-refractivity contribution < 1.29 is 49.5 Å². The summed E-state index contributed by atoms with van der Waals surface area (Å²) in [5, 5.41) is 13.2. The van der Waals surface area contributed by atoms with Crippen LogP contribution in [0, 0.1) is 0 Å². The van der Waals surface area contributed by atoms with Gasteiger partial charge in [-0.1, -0.05) is 24.3 Å². The standard InChI is InChI=1S/C21H15F9N2O2/c22-19(23,24)14-5-13(6-15(7-14)20(25,26)27)18(21(28,29)30)8-16(32-34-18)11-1-3-12(4-2-11)17(33)9-31-10-17/h1-8,31-33H,9-10H2. The fourth-order valence-electron chi connectivity index (χ4n) is 3.68. The molecule has 4 rings (SSSR count). The lowest BCUT2D eigenvalue weighted by molar-refractivity contribution is -0.269. The van der Waals surface area contributed by atoms with Crippen molar-refractivity contribution in [1.82, 2.24) is 10.8 Å². The van der Waals surface area contributed by atoms with Crippen LogP contribution in [-0.4, -0.2) is 24.4 Å². The van der Waals surface area contributed by atoms with Gasteiger partial charge in [-0.05, 0) is 35.4 Å². The molecule has 1 fully saturated rings. The van der Waals surface area contributed by atoms with Crippen LogP contribution in [0.5, 0.6) is 0 Å². The molecule has 0 aromatic heterocycles. The van der Waals surface area contributed by atoms with E-state index in [1.54, 1.807) is 0 Å². The van der Waals surface area contributed by atoms with E-state index >= 15 is 0 Å². The fraction of sp³-hybridized carbons (Fsp3) is 0.333. The summed E-state index contributed by atoms with van der Waals surface area (Å²) in [4.78, 5) is 4.66. The molecule has 2 aliphatic heterocycles. The summed E-state index contributed by atoms with van der Waals surface area (Å²) in [6.07, 6.45) is -15.7. The number of hydrogen-bond donors (Lipinski definition) is 3. The molecule has 2 heterocycles. The summed E-state index contributed by atoms with van der Waals surface area (Å²) >= 11 is 0. The second-order valence-corrected chi connectivity index (χ2v) is 8.00. The van der Waals surface area contributed by atoms with Crippen LogP contribution in [0.25, 0.3) is 5.70 Å². The second-order valence-electron chi connectivity index (χ2n) is 8.00. The molecule has 184 valence electrons. The number of aliphatic hydroxyl groups is 1. The maximum absolute atomic E-state index is 14.1. The van der Waals surface area contributed by atoms with E-state index in [4.69, 9.17) is 0 Å². The third-order valence-corrected chi connectivity index (χ3v) is 5.68. The first-order chi connectivity index (χ1) is 15.6. The van der Waals surface area contributed by atoms with Crippen LogP contribution in [0.15, 0.2) is 48.5 Å². The predicted molar refractivity (Wildman–Crippen MR) is 99.6 cm³/mol. The molecular formula is C21H15F9N2O2. The molecule has 0 bridgehead atoms. The highest BCUT2D eigenvalue weighted by atomic mass is 19.4. The van der Waals surface area contributed by atoms with Crippen LogP contribution >= 0.6 is 0 Å². The van der Waals surface area contributed by atoms with Gasteiger partial charge in [-0.2, -0.15) is 39.5 Å². The number of β-amino-alcohol motifs (C(OH)–C–C–N with tert-alkyl or cyclic N) is 1. The Hall–Kier alpha value is -2.77. The van der Waals surface area contributed by atoms with Crippen LogP contribution in [0.1, 0.15) is 27.8 Å². The van der Waals surface area contributed by atoms with E-state index in [0.29, 0.717) is 11.6 Å². The van der Waals surface area contributed by atoms with Crippen LogP contribution in [0.2, 0.25) is 0 Å². The van der Waals surface area contributed by atoms with Gasteiger partial charge in [-0.15, -0.1) is 0 Å². The molecule has 1 atom stereocenters. The smallest absolute Gasteiger partial charge is 0.382 e. The molecule has 1 unspecified atom stereocenters. The molecule has 0 saturated carbocycles. The largest absolute Gasteiger partial charge is 0.428 e. The first-order valence-corrected chi connectivity index (χ1v) is 9.63. The van der Waals surface area contributed by atoms with Crippen LogP contribution in [-0.2, 0) is 28.4 Å². The van der Waals surface area contributed by atoms with Crippen molar-refractivity contribution in [2.24, 2.45) is 0 Å². The zero-order chi connectivity index (χ0) is 25.2. The Morgan fingerprint density at radius 3 is 1.71 bits per heavy atom. The summed E-state index contributed by atoms with van der Waals surface area (Å²) in [6.45, 7) is 0.537. The Bertz CT molecular complexity index is 1080. The summed E-state index contributed by atoms with van der Waals surface area (Å²) in [7, 11) is 0. The summed E-state index contributed by atoms with van der Waals surface area (Å²) in [5.41, 5.74) is -7.74. The van der Waals surface area contributed by atoms with E-state index in [1.165, 1.54) is 24.3 Å². The van der Waals surface area contributed by atoms with Crippen molar-refractivity contribution in [2.75, 3.05) is 13.1 Å². The lowest BCUT2D eigenvalue weighted by atomic mass is 9.87. The van der Waals surface area contributed by atoms with Gasteiger partial charge in [0, 0.05) is 18.7 Å². The maximum atomic E-state index is 14.1. The number of nitrogens with one attached hydrogen (secondary N) is 2.